The van der Waals surface area contributed by atoms with Crippen molar-refractivity contribution in [3.05, 3.63) is 0 Å². The first kappa shape index (κ1) is 17.5. The van der Waals surface area contributed by atoms with Crippen LogP contribution in [0.1, 0.15) is 47.0 Å². The number of hydrogen-bond donors (Lipinski definition) is 2. The molecule has 0 spiro atoms. The molecule has 0 fully saturated rings. The third-order valence-corrected chi connectivity index (χ3v) is 3.23. The topological polar surface area (TPSA) is 105 Å². The van der Waals surface area contributed by atoms with Gasteiger partial charge in [0.1, 0.15) is 6.10 Å². The summed E-state index contributed by atoms with van der Waals surface area (Å²) in [4.78, 5) is 21.3. The minimum atomic E-state index is -0.755. The van der Waals surface area contributed by atoms with Crippen molar-refractivity contribution in [1.82, 2.24) is 0 Å². The zero-order chi connectivity index (χ0) is 15.1. The van der Waals surface area contributed by atoms with Gasteiger partial charge in [0.25, 0.3) is 0 Å². The average molecular weight is 274 g/mol. The third kappa shape index (κ3) is 7.54. The van der Waals surface area contributed by atoms with Gasteiger partial charge in [0.15, 0.2) is 0 Å². The highest BCUT2D eigenvalue weighted by Crippen LogP contribution is 2.34. The Kier molecular flexibility index (Phi) is 7.26. The highest BCUT2D eigenvalue weighted by molar-refractivity contribution is 5.65. The molecule has 0 aliphatic heterocycles. The number of rotatable bonds is 8. The van der Waals surface area contributed by atoms with Crippen LogP contribution in [0.5, 0.6) is 0 Å². The molecular weight excluding hydrogens is 248 g/mol. The summed E-state index contributed by atoms with van der Waals surface area (Å²) in [6.07, 6.45) is 0.546. The largest absolute Gasteiger partial charge is 0.450 e. The van der Waals surface area contributed by atoms with Gasteiger partial charge >= 0.3 is 12.2 Å². The number of hydrogen-bond acceptors (Lipinski definition) is 4. The maximum absolute atomic E-state index is 10.9. The van der Waals surface area contributed by atoms with Gasteiger partial charge < -0.3 is 20.9 Å². The molecule has 0 radical (unpaired) electrons. The van der Waals surface area contributed by atoms with Crippen LogP contribution in [0.15, 0.2) is 0 Å². The smallest absolute Gasteiger partial charge is 0.404 e. The van der Waals surface area contributed by atoms with Crippen molar-refractivity contribution >= 4 is 12.2 Å². The van der Waals surface area contributed by atoms with Crippen molar-refractivity contribution in [3.63, 3.8) is 0 Å². The second kappa shape index (κ2) is 7.86. The predicted molar refractivity (Wildman–Crippen MR) is 72.5 cm³/mol. The van der Waals surface area contributed by atoms with Gasteiger partial charge in [-0.1, -0.05) is 27.7 Å². The van der Waals surface area contributed by atoms with Gasteiger partial charge in [-0.3, -0.25) is 0 Å². The van der Waals surface area contributed by atoms with E-state index in [0.29, 0.717) is 18.9 Å². The van der Waals surface area contributed by atoms with Gasteiger partial charge in [-0.25, -0.2) is 9.59 Å². The van der Waals surface area contributed by atoms with Gasteiger partial charge in [0, 0.05) is 5.41 Å². The lowest BCUT2D eigenvalue weighted by atomic mass is 9.77. The van der Waals surface area contributed by atoms with Crippen molar-refractivity contribution in [2.75, 3.05) is 6.61 Å². The summed E-state index contributed by atoms with van der Waals surface area (Å²) in [5.41, 5.74) is 9.79. The number of primary amides is 2. The normalized spacial score (nSPS) is 14.5. The summed E-state index contributed by atoms with van der Waals surface area (Å²) in [6.45, 7) is 8.39. The number of carbonyl (C=O) groups excluding carboxylic acids is 2. The molecule has 6 nitrogen and oxygen atoms in total. The number of amides is 2. The Balaban J connectivity index is 4.31. The summed E-state index contributed by atoms with van der Waals surface area (Å²) in [5.74, 6) is 0.319. The monoisotopic (exact) mass is 274 g/mol. The van der Waals surface area contributed by atoms with Crippen LogP contribution < -0.4 is 11.5 Å². The lowest BCUT2D eigenvalue weighted by Crippen LogP contribution is -2.36. The molecule has 4 N–H and O–H groups in total. The quantitative estimate of drug-likeness (QED) is 0.709. The first-order chi connectivity index (χ1) is 8.69. The molecule has 2 unspecified atom stereocenters. The number of nitrogens with two attached hydrogens (primary N) is 2. The SMILES string of the molecule is CCC(OC(N)=O)C(C)(C)CC(C)CCOC(N)=O. The van der Waals surface area contributed by atoms with E-state index < -0.39 is 12.2 Å². The molecule has 0 rings (SSSR count). The van der Waals surface area contributed by atoms with Crippen LogP contribution in [-0.4, -0.2) is 24.9 Å². The summed E-state index contributed by atoms with van der Waals surface area (Å²) in [7, 11) is 0. The third-order valence-electron chi connectivity index (χ3n) is 3.23. The van der Waals surface area contributed by atoms with Gasteiger partial charge in [-0.15, -0.1) is 0 Å². The van der Waals surface area contributed by atoms with E-state index in [1.165, 1.54) is 0 Å². The molecule has 2 amide bonds. The first-order valence-electron chi connectivity index (χ1n) is 6.57. The zero-order valence-corrected chi connectivity index (χ0v) is 12.3. The molecule has 19 heavy (non-hydrogen) atoms. The fourth-order valence-corrected chi connectivity index (χ4v) is 2.43. The molecule has 0 bridgehead atoms. The van der Waals surface area contributed by atoms with E-state index in [0.717, 1.165) is 12.8 Å². The van der Waals surface area contributed by atoms with Crippen LogP contribution >= 0.6 is 0 Å². The Morgan fingerprint density at radius 2 is 1.79 bits per heavy atom. The highest BCUT2D eigenvalue weighted by atomic mass is 16.6. The summed E-state index contributed by atoms with van der Waals surface area (Å²) in [5, 5.41) is 0. The predicted octanol–water partition coefficient (Wildman–Crippen LogP) is 2.40. The van der Waals surface area contributed by atoms with Crippen LogP contribution in [0.3, 0.4) is 0 Å². The number of ether oxygens (including phenoxy) is 2. The minimum Gasteiger partial charge on any atom is -0.450 e. The van der Waals surface area contributed by atoms with E-state index in [2.05, 4.69) is 6.92 Å². The van der Waals surface area contributed by atoms with Gasteiger partial charge in [0.2, 0.25) is 0 Å². The van der Waals surface area contributed by atoms with Gasteiger partial charge in [-0.2, -0.15) is 0 Å². The molecule has 0 saturated carbocycles. The summed E-state index contributed by atoms with van der Waals surface area (Å²) in [6, 6.07) is 0. The fourth-order valence-electron chi connectivity index (χ4n) is 2.43. The summed E-state index contributed by atoms with van der Waals surface area (Å²) >= 11 is 0. The van der Waals surface area contributed by atoms with Crippen LogP contribution in [0.25, 0.3) is 0 Å². The van der Waals surface area contributed by atoms with E-state index in [1.807, 2.05) is 20.8 Å². The van der Waals surface area contributed by atoms with Gasteiger partial charge in [-0.05, 0) is 25.2 Å². The molecule has 0 aromatic rings. The molecule has 6 heteroatoms. The Morgan fingerprint density at radius 1 is 1.21 bits per heavy atom. The maximum Gasteiger partial charge on any atom is 0.404 e. The molecule has 2 atom stereocenters. The van der Waals surface area contributed by atoms with E-state index in [-0.39, 0.29) is 11.5 Å². The molecule has 0 heterocycles. The molecule has 0 aliphatic rings. The Morgan fingerprint density at radius 3 is 2.21 bits per heavy atom. The van der Waals surface area contributed by atoms with Crippen molar-refractivity contribution in [2.45, 2.75) is 53.1 Å². The van der Waals surface area contributed by atoms with Crippen LogP contribution in [-0.2, 0) is 9.47 Å². The fraction of sp³-hybridized carbons (Fsp3) is 0.846. The lowest BCUT2D eigenvalue weighted by Gasteiger charge is -2.35. The van der Waals surface area contributed by atoms with Crippen LogP contribution in [0.4, 0.5) is 9.59 Å². The van der Waals surface area contributed by atoms with Crippen LogP contribution in [0.2, 0.25) is 0 Å². The number of carbonyl (C=O) groups is 2. The average Bonchev–Trinajstić information content (AvgIpc) is 2.23. The highest BCUT2D eigenvalue weighted by Gasteiger charge is 2.32. The van der Waals surface area contributed by atoms with Crippen LogP contribution in [0, 0.1) is 11.3 Å². The minimum absolute atomic E-state index is 0.185. The van der Waals surface area contributed by atoms with E-state index in [1.54, 1.807) is 0 Å². The maximum atomic E-state index is 10.9. The van der Waals surface area contributed by atoms with Crippen molar-refractivity contribution < 1.29 is 19.1 Å². The van der Waals surface area contributed by atoms with Crippen molar-refractivity contribution in [3.8, 4) is 0 Å². The zero-order valence-electron chi connectivity index (χ0n) is 12.3. The first-order valence-corrected chi connectivity index (χ1v) is 6.57. The van der Waals surface area contributed by atoms with Crippen molar-refractivity contribution in [1.29, 1.82) is 0 Å². The molecule has 0 aromatic carbocycles. The summed E-state index contributed by atoms with van der Waals surface area (Å²) < 4.78 is 9.85. The molecule has 0 aromatic heterocycles. The lowest BCUT2D eigenvalue weighted by molar-refractivity contribution is 0.0112. The van der Waals surface area contributed by atoms with E-state index in [4.69, 9.17) is 20.9 Å². The molecule has 112 valence electrons. The molecule has 0 saturated heterocycles. The standard InChI is InChI=1S/C13H26N2O4/c1-5-10(19-12(15)17)13(3,4)8-9(2)6-7-18-11(14)16/h9-10H,5-8H2,1-4H3,(H2,14,16)(H2,15,17). The van der Waals surface area contributed by atoms with E-state index in [9.17, 15) is 9.59 Å². The second-order valence-corrected chi connectivity index (χ2v) is 5.59. The van der Waals surface area contributed by atoms with Crippen molar-refractivity contribution in [2.24, 2.45) is 22.8 Å². The van der Waals surface area contributed by atoms with Gasteiger partial charge in [0.05, 0.1) is 6.61 Å². The Hall–Kier alpha value is -1.46. The molecule has 0 aliphatic carbocycles. The Labute approximate surface area is 114 Å². The van der Waals surface area contributed by atoms with E-state index >= 15 is 0 Å². The Bertz CT molecular complexity index is 305. The second-order valence-electron chi connectivity index (χ2n) is 5.59. The molecular formula is C13H26N2O4.